The maximum Gasteiger partial charge on any atom is 0.243 e. The van der Waals surface area contributed by atoms with E-state index in [1.165, 1.54) is 11.8 Å². The van der Waals surface area contributed by atoms with Gasteiger partial charge in [-0.1, -0.05) is 45.9 Å². The molecular weight excluding hydrogens is 478 g/mol. The fraction of sp³-hybridized carbons (Fsp3) is 0.182. The normalized spacial score (nSPS) is 11.1. The van der Waals surface area contributed by atoms with Crippen molar-refractivity contribution in [1.29, 1.82) is 0 Å². The fourth-order valence-electron chi connectivity index (χ4n) is 3.29. The van der Waals surface area contributed by atoms with E-state index in [9.17, 15) is 9.59 Å². The first-order chi connectivity index (χ1) is 14.9. The first kappa shape index (κ1) is 21.3. The molecule has 0 bridgehead atoms. The van der Waals surface area contributed by atoms with Crippen LogP contribution in [0.15, 0.2) is 58.2 Å². The molecule has 0 spiro atoms. The topological polar surface area (TPSA) is 88.4 Å². The third-order valence-corrected chi connectivity index (χ3v) is 6.24. The number of hydrogen-bond acceptors (Lipinski definition) is 5. The van der Waals surface area contributed by atoms with Crippen LogP contribution < -0.4 is 10.6 Å². The molecule has 4 rings (SSSR count). The summed E-state index contributed by atoms with van der Waals surface area (Å²) in [5.41, 5.74) is 4.51. The number of anilines is 1. The molecule has 0 aliphatic rings. The van der Waals surface area contributed by atoms with Gasteiger partial charge in [-0.2, -0.15) is 0 Å². The molecule has 158 valence electrons. The summed E-state index contributed by atoms with van der Waals surface area (Å²) in [6.45, 7) is 3.85. The monoisotopic (exact) mass is 497 g/mol. The third-order valence-electron chi connectivity index (χ3n) is 4.81. The summed E-state index contributed by atoms with van der Waals surface area (Å²) >= 11 is 4.68. The van der Waals surface area contributed by atoms with Gasteiger partial charge in [0.1, 0.15) is 0 Å². The SMILES string of the molecule is Cc1cc(Br)ccc1NC(=O)CNC(=O)CSc1nnc2cc(C)c3ccccc3n12. The summed E-state index contributed by atoms with van der Waals surface area (Å²) in [6.07, 6.45) is 0. The van der Waals surface area contributed by atoms with Crippen molar-refractivity contribution in [3.05, 3.63) is 64.1 Å². The van der Waals surface area contributed by atoms with Crippen LogP contribution in [0.5, 0.6) is 0 Å². The van der Waals surface area contributed by atoms with Gasteiger partial charge in [-0.05, 0) is 55.3 Å². The van der Waals surface area contributed by atoms with Crippen molar-refractivity contribution in [2.75, 3.05) is 17.6 Å². The lowest BCUT2D eigenvalue weighted by Gasteiger charge is -2.10. The Kier molecular flexibility index (Phi) is 6.24. The van der Waals surface area contributed by atoms with Gasteiger partial charge < -0.3 is 10.6 Å². The van der Waals surface area contributed by atoms with Crippen LogP contribution in [0.1, 0.15) is 11.1 Å². The number of nitrogens with one attached hydrogen (secondary N) is 2. The van der Waals surface area contributed by atoms with Gasteiger partial charge in [0.2, 0.25) is 11.8 Å². The van der Waals surface area contributed by atoms with Crippen LogP contribution in [0.3, 0.4) is 0 Å². The molecule has 0 aliphatic carbocycles. The lowest BCUT2D eigenvalue weighted by atomic mass is 10.1. The molecule has 0 saturated heterocycles. The van der Waals surface area contributed by atoms with E-state index < -0.39 is 0 Å². The average Bonchev–Trinajstić information content (AvgIpc) is 3.16. The zero-order valence-electron chi connectivity index (χ0n) is 17.0. The number of hydrogen-bond donors (Lipinski definition) is 2. The third kappa shape index (κ3) is 4.72. The number of fused-ring (bicyclic) bond motifs is 3. The molecular formula is C22H20BrN5O2S. The minimum atomic E-state index is -0.279. The van der Waals surface area contributed by atoms with E-state index in [0.29, 0.717) is 10.8 Å². The Morgan fingerprint density at radius 1 is 1.03 bits per heavy atom. The molecule has 0 aliphatic heterocycles. The Bertz CT molecular complexity index is 1300. The largest absolute Gasteiger partial charge is 0.346 e. The summed E-state index contributed by atoms with van der Waals surface area (Å²) in [7, 11) is 0. The fourth-order valence-corrected chi connectivity index (χ4v) is 4.55. The van der Waals surface area contributed by atoms with Gasteiger partial charge in [0.25, 0.3) is 0 Å². The van der Waals surface area contributed by atoms with Crippen molar-refractivity contribution in [2.45, 2.75) is 19.0 Å². The zero-order valence-corrected chi connectivity index (χ0v) is 19.4. The molecule has 0 atom stereocenters. The molecule has 2 N–H and O–H groups in total. The number of aryl methyl sites for hydroxylation is 2. The van der Waals surface area contributed by atoms with Crippen molar-refractivity contribution < 1.29 is 9.59 Å². The molecule has 2 amide bonds. The minimum absolute atomic E-state index is 0.0996. The van der Waals surface area contributed by atoms with Crippen molar-refractivity contribution >= 4 is 61.7 Å². The Balaban J connectivity index is 1.37. The predicted molar refractivity (Wildman–Crippen MR) is 126 cm³/mol. The van der Waals surface area contributed by atoms with E-state index in [1.54, 1.807) is 0 Å². The number of amides is 2. The molecule has 0 fully saturated rings. The van der Waals surface area contributed by atoms with Crippen LogP contribution in [0, 0.1) is 13.8 Å². The van der Waals surface area contributed by atoms with E-state index >= 15 is 0 Å². The van der Waals surface area contributed by atoms with Crippen LogP contribution in [-0.4, -0.2) is 38.7 Å². The minimum Gasteiger partial charge on any atom is -0.346 e. The van der Waals surface area contributed by atoms with Crippen LogP contribution in [0.2, 0.25) is 0 Å². The second kappa shape index (κ2) is 9.07. The Morgan fingerprint density at radius 3 is 2.65 bits per heavy atom. The maximum absolute atomic E-state index is 12.3. The highest BCUT2D eigenvalue weighted by Gasteiger charge is 2.14. The number of aromatic nitrogens is 3. The maximum atomic E-state index is 12.3. The van der Waals surface area contributed by atoms with Gasteiger partial charge in [0.05, 0.1) is 17.8 Å². The van der Waals surface area contributed by atoms with Crippen molar-refractivity contribution in [1.82, 2.24) is 19.9 Å². The Labute approximate surface area is 191 Å². The quantitative estimate of drug-likeness (QED) is 0.391. The van der Waals surface area contributed by atoms with E-state index in [2.05, 4.69) is 42.8 Å². The average molecular weight is 498 g/mol. The summed E-state index contributed by atoms with van der Waals surface area (Å²) in [6, 6.07) is 15.6. The smallest absolute Gasteiger partial charge is 0.243 e. The number of carbonyl (C=O) groups is 2. The van der Waals surface area contributed by atoms with Crippen molar-refractivity contribution in [3.63, 3.8) is 0 Å². The number of thioether (sulfide) groups is 1. The molecule has 2 aromatic carbocycles. The highest BCUT2D eigenvalue weighted by molar-refractivity contribution is 9.10. The van der Waals surface area contributed by atoms with Gasteiger partial charge in [-0.3, -0.25) is 14.0 Å². The van der Waals surface area contributed by atoms with Gasteiger partial charge in [0, 0.05) is 15.5 Å². The molecule has 2 heterocycles. The van der Waals surface area contributed by atoms with E-state index in [-0.39, 0.29) is 24.1 Å². The summed E-state index contributed by atoms with van der Waals surface area (Å²) in [5, 5.41) is 15.7. The van der Waals surface area contributed by atoms with Crippen LogP contribution in [-0.2, 0) is 9.59 Å². The zero-order chi connectivity index (χ0) is 22.0. The molecule has 7 nitrogen and oxygen atoms in total. The molecule has 9 heteroatoms. The van der Waals surface area contributed by atoms with E-state index in [0.717, 1.165) is 32.1 Å². The summed E-state index contributed by atoms with van der Waals surface area (Å²) in [5.74, 6) is -0.396. The lowest BCUT2D eigenvalue weighted by Crippen LogP contribution is -2.34. The predicted octanol–water partition coefficient (Wildman–Crippen LogP) is 4.11. The lowest BCUT2D eigenvalue weighted by molar-refractivity contribution is -0.122. The van der Waals surface area contributed by atoms with Gasteiger partial charge in [0.15, 0.2) is 10.8 Å². The highest BCUT2D eigenvalue weighted by atomic mass is 79.9. The number of halogens is 1. The number of nitrogens with zero attached hydrogens (tertiary/aromatic N) is 3. The van der Waals surface area contributed by atoms with Crippen LogP contribution >= 0.6 is 27.7 Å². The standard InChI is InChI=1S/C22H20BrN5O2S/c1-13-10-19-26-27-22(28(19)18-6-4-3-5-16(13)18)31-12-21(30)24-11-20(29)25-17-8-7-15(23)9-14(17)2/h3-10H,11-12H2,1-2H3,(H,24,30)(H,25,29). The second-order valence-electron chi connectivity index (χ2n) is 7.09. The molecule has 0 saturated carbocycles. The number of benzene rings is 2. The first-order valence-electron chi connectivity index (χ1n) is 9.61. The van der Waals surface area contributed by atoms with Crippen molar-refractivity contribution in [2.24, 2.45) is 0 Å². The number of pyridine rings is 1. The van der Waals surface area contributed by atoms with Crippen molar-refractivity contribution in [3.8, 4) is 0 Å². The van der Waals surface area contributed by atoms with Crippen LogP contribution in [0.25, 0.3) is 16.6 Å². The summed E-state index contributed by atoms with van der Waals surface area (Å²) < 4.78 is 2.89. The van der Waals surface area contributed by atoms with Gasteiger partial charge in [-0.15, -0.1) is 10.2 Å². The van der Waals surface area contributed by atoms with E-state index in [4.69, 9.17) is 0 Å². The Morgan fingerprint density at radius 2 is 1.84 bits per heavy atom. The highest BCUT2D eigenvalue weighted by Crippen LogP contribution is 2.25. The molecule has 4 aromatic rings. The molecule has 0 radical (unpaired) electrons. The molecule has 2 aromatic heterocycles. The van der Waals surface area contributed by atoms with E-state index in [1.807, 2.05) is 60.7 Å². The first-order valence-corrected chi connectivity index (χ1v) is 11.4. The second-order valence-corrected chi connectivity index (χ2v) is 8.95. The molecule has 31 heavy (non-hydrogen) atoms. The number of para-hydroxylation sites is 1. The summed E-state index contributed by atoms with van der Waals surface area (Å²) in [4.78, 5) is 24.5. The van der Waals surface area contributed by atoms with Gasteiger partial charge in [-0.25, -0.2) is 0 Å². The number of carbonyl (C=O) groups excluding carboxylic acids is 2. The van der Waals surface area contributed by atoms with Gasteiger partial charge >= 0.3 is 0 Å². The van der Waals surface area contributed by atoms with Crippen LogP contribution in [0.4, 0.5) is 5.69 Å². The number of rotatable bonds is 6. The Hall–Kier alpha value is -2.91. The molecule has 0 unspecified atom stereocenters.